The van der Waals surface area contributed by atoms with Crippen LogP contribution < -0.4 is 10.9 Å². The largest absolute Gasteiger partial charge is 0.461 e. The van der Waals surface area contributed by atoms with E-state index in [-0.39, 0.29) is 17.1 Å². The number of carbonyl (C=O) groups is 1. The van der Waals surface area contributed by atoms with Crippen molar-refractivity contribution < 1.29 is 9.21 Å². The van der Waals surface area contributed by atoms with E-state index in [9.17, 15) is 9.59 Å². The third kappa shape index (κ3) is 1.64. The first-order valence-electron chi connectivity index (χ1n) is 6.75. The smallest absolute Gasteiger partial charge is 0.260 e. The van der Waals surface area contributed by atoms with Gasteiger partial charge < -0.3 is 9.73 Å². The average Bonchev–Trinajstić information content (AvgIpc) is 3.19. The lowest BCUT2D eigenvalue weighted by Gasteiger charge is -2.11. The topological polar surface area (TPSA) is 64.2 Å². The van der Waals surface area contributed by atoms with Crippen LogP contribution >= 0.6 is 0 Å². The molecule has 1 aromatic carbocycles. The van der Waals surface area contributed by atoms with Crippen molar-refractivity contribution in [2.24, 2.45) is 0 Å². The van der Waals surface area contributed by atoms with E-state index in [0.717, 1.165) is 0 Å². The molecule has 0 radical (unpaired) electrons. The molecule has 2 aromatic heterocycles. The molecule has 21 heavy (non-hydrogen) atoms. The highest BCUT2D eigenvalue weighted by Gasteiger charge is 2.26. The van der Waals surface area contributed by atoms with Gasteiger partial charge in [0.25, 0.3) is 5.56 Å². The first kappa shape index (κ1) is 12.0. The molecule has 0 bridgehead atoms. The van der Waals surface area contributed by atoms with Gasteiger partial charge in [-0.3, -0.25) is 14.2 Å². The van der Waals surface area contributed by atoms with Crippen molar-refractivity contribution in [3.63, 3.8) is 0 Å². The van der Waals surface area contributed by atoms with E-state index in [4.69, 9.17) is 4.42 Å². The van der Waals surface area contributed by atoms with E-state index in [0.29, 0.717) is 35.2 Å². The third-order valence-corrected chi connectivity index (χ3v) is 3.78. The average molecular weight is 280 g/mol. The van der Waals surface area contributed by atoms with E-state index in [1.807, 2.05) is 6.07 Å². The maximum Gasteiger partial charge on any atom is 0.260 e. The summed E-state index contributed by atoms with van der Waals surface area (Å²) < 4.78 is 6.85. The SMILES string of the molecule is O=C(c1ccco1)c1c2n(c(=O)c3ccccc13)CCN2. The Labute approximate surface area is 119 Å². The van der Waals surface area contributed by atoms with Crippen LogP contribution in [0.2, 0.25) is 0 Å². The molecule has 0 spiro atoms. The molecule has 1 aliphatic heterocycles. The van der Waals surface area contributed by atoms with Gasteiger partial charge in [0.2, 0.25) is 5.78 Å². The lowest BCUT2D eigenvalue weighted by Crippen LogP contribution is -2.21. The molecule has 3 heterocycles. The molecule has 0 unspecified atom stereocenters. The summed E-state index contributed by atoms with van der Waals surface area (Å²) in [6, 6.07) is 10.5. The van der Waals surface area contributed by atoms with Gasteiger partial charge in [-0.25, -0.2) is 0 Å². The van der Waals surface area contributed by atoms with Gasteiger partial charge in [0, 0.05) is 23.9 Å². The molecule has 3 aromatic rings. The molecule has 1 aliphatic rings. The summed E-state index contributed by atoms with van der Waals surface area (Å²) in [6.07, 6.45) is 1.47. The second-order valence-corrected chi connectivity index (χ2v) is 4.96. The lowest BCUT2D eigenvalue weighted by molar-refractivity contribution is 0.101. The number of nitrogens with one attached hydrogen (secondary N) is 1. The van der Waals surface area contributed by atoms with Crippen LogP contribution in [0.25, 0.3) is 10.8 Å². The van der Waals surface area contributed by atoms with Crippen LogP contribution in [-0.2, 0) is 6.54 Å². The van der Waals surface area contributed by atoms with Gasteiger partial charge >= 0.3 is 0 Å². The number of carbonyl (C=O) groups excluding carboxylic acids is 1. The Kier molecular flexibility index (Phi) is 2.47. The van der Waals surface area contributed by atoms with Crippen LogP contribution in [0, 0.1) is 0 Å². The quantitative estimate of drug-likeness (QED) is 0.731. The number of benzene rings is 1. The van der Waals surface area contributed by atoms with Gasteiger partial charge in [-0.15, -0.1) is 0 Å². The van der Waals surface area contributed by atoms with Gasteiger partial charge in [0.1, 0.15) is 5.82 Å². The minimum absolute atomic E-state index is 0.0680. The van der Waals surface area contributed by atoms with Crippen LogP contribution in [0.4, 0.5) is 5.82 Å². The number of nitrogens with zero attached hydrogens (tertiary/aromatic N) is 1. The van der Waals surface area contributed by atoms with Gasteiger partial charge in [0.05, 0.1) is 11.8 Å². The molecule has 4 rings (SSSR count). The monoisotopic (exact) mass is 280 g/mol. The summed E-state index contributed by atoms with van der Waals surface area (Å²) in [6.45, 7) is 1.21. The Morgan fingerprint density at radius 1 is 1.14 bits per heavy atom. The van der Waals surface area contributed by atoms with Crippen molar-refractivity contribution in [2.75, 3.05) is 11.9 Å². The number of rotatable bonds is 2. The van der Waals surface area contributed by atoms with E-state index in [2.05, 4.69) is 5.32 Å². The van der Waals surface area contributed by atoms with Crippen molar-refractivity contribution in [1.29, 1.82) is 0 Å². The van der Waals surface area contributed by atoms with E-state index >= 15 is 0 Å². The zero-order valence-electron chi connectivity index (χ0n) is 11.1. The molecule has 0 amide bonds. The number of anilines is 1. The Hall–Kier alpha value is -2.82. The molecule has 0 saturated heterocycles. The first-order chi connectivity index (χ1) is 10.3. The lowest BCUT2D eigenvalue weighted by atomic mass is 10.0. The number of hydrogen-bond donors (Lipinski definition) is 1. The van der Waals surface area contributed by atoms with Gasteiger partial charge in [-0.2, -0.15) is 0 Å². The van der Waals surface area contributed by atoms with Crippen molar-refractivity contribution in [2.45, 2.75) is 6.54 Å². The summed E-state index contributed by atoms with van der Waals surface area (Å²) in [7, 11) is 0. The maximum absolute atomic E-state index is 12.7. The predicted molar refractivity (Wildman–Crippen MR) is 78.8 cm³/mol. The highest BCUT2D eigenvalue weighted by atomic mass is 16.3. The number of aromatic nitrogens is 1. The minimum Gasteiger partial charge on any atom is -0.461 e. The van der Waals surface area contributed by atoms with E-state index < -0.39 is 0 Å². The highest BCUT2D eigenvalue weighted by Crippen LogP contribution is 2.28. The van der Waals surface area contributed by atoms with Crippen molar-refractivity contribution in [1.82, 2.24) is 4.57 Å². The Morgan fingerprint density at radius 3 is 2.71 bits per heavy atom. The summed E-state index contributed by atoms with van der Waals surface area (Å²) >= 11 is 0. The maximum atomic E-state index is 12.7. The molecule has 0 atom stereocenters. The van der Waals surface area contributed by atoms with Crippen LogP contribution in [0.1, 0.15) is 16.1 Å². The molecular formula is C16H12N2O3. The van der Waals surface area contributed by atoms with Gasteiger partial charge in [0.15, 0.2) is 5.76 Å². The summed E-state index contributed by atoms with van der Waals surface area (Å²) in [5, 5.41) is 4.36. The van der Waals surface area contributed by atoms with Crippen molar-refractivity contribution >= 4 is 22.4 Å². The number of pyridine rings is 1. The fraction of sp³-hybridized carbons (Fsp3) is 0.125. The summed E-state index contributed by atoms with van der Waals surface area (Å²) in [5.74, 6) is 0.643. The standard InChI is InChI=1S/C16H12N2O3/c19-14(12-6-3-9-21-12)13-10-4-1-2-5-11(10)16(20)18-8-7-17-15(13)18/h1-6,9,17H,7-8H2. The molecule has 5 heteroatoms. The van der Waals surface area contributed by atoms with E-state index in [1.54, 1.807) is 34.9 Å². The first-order valence-corrected chi connectivity index (χ1v) is 6.75. The Bertz CT molecular complexity index is 907. The van der Waals surface area contributed by atoms with Crippen LogP contribution in [-0.4, -0.2) is 16.9 Å². The Balaban J connectivity index is 2.11. The van der Waals surface area contributed by atoms with Crippen LogP contribution in [0.5, 0.6) is 0 Å². The van der Waals surface area contributed by atoms with Crippen LogP contribution in [0.3, 0.4) is 0 Å². The Morgan fingerprint density at radius 2 is 1.95 bits per heavy atom. The minimum atomic E-state index is -0.214. The van der Waals surface area contributed by atoms with Gasteiger partial charge in [-0.05, 0) is 18.2 Å². The molecular weight excluding hydrogens is 268 g/mol. The predicted octanol–water partition coefficient (Wildman–Crippen LogP) is 2.25. The van der Waals surface area contributed by atoms with Crippen molar-refractivity contribution in [3.8, 4) is 0 Å². The number of furan rings is 1. The number of hydrogen-bond acceptors (Lipinski definition) is 4. The summed E-state index contributed by atoms with van der Waals surface area (Å²) in [5.41, 5.74) is 0.430. The summed E-state index contributed by atoms with van der Waals surface area (Å²) in [4.78, 5) is 25.2. The zero-order chi connectivity index (χ0) is 14.4. The number of fused-ring (bicyclic) bond motifs is 2. The molecule has 0 fully saturated rings. The molecule has 0 saturated carbocycles. The molecule has 104 valence electrons. The van der Waals surface area contributed by atoms with Crippen molar-refractivity contribution in [3.05, 3.63) is 64.3 Å². The van der Waals surface area contributed by atoms with Gasteiger partial charge in [-0.1, -0.05) is 18.2 Å². The fourth-order valence-corrected chi connectivity index (χ4v) is 2.84. The molecule has 1 N–H and O–H groups in total. The van der Waals surface area contributed by atoms with E-state index in [1.165, 1.54) is 6.26 Å². The zero-order valence-corrected chi connectivity index (χ0v) is 11.1. The molecule has 0 aliphatic carbocycles. The fourth-order valence-electron chi connectivity index (χ4n) is 2.84. The third-order valence-electron chi connectivity index (χ3n) is 3.78. The van der Waals surface area contributed by atoms with Crippen LogP contribution in [0.15, 0.2) is 51.9 Å². The highest BCUT2D eigenvalue weighted by molar-refractivity contribution is 6.18. The number of ketones is 1. The molecule has 5 nitrogen and oxygen atoms in total. The second-order valence-electron chi connectivity index (χ2n) is 4.96. The normalized spacial score (nSPS) is 13.1. The second kappa shape index (κ2) is 4.34.